The number of aromatic nitrogens is 4. The molecule has 5 rings (SSSR count). The Hall–Kier alpha value is -2.68. The number of morpholine rings is 1. The fourth-order valence-electron chi connectivity index (χ4n) is 4.40. The molecule has 0 bridgehead atoms. The van der Waals surface area contributed by atoms with E-state index in [0.717, 1.165) is 94.8 Å². The molecule has 30 heavy (non-hydrogen) atoms. The van der Waals surface area contributed by atoms with E-state index >= 15 is 0 Å². The van der Waals surface area contributed by atoms with Gasteiger partial charge in [-0.05, 0) is 25.8 Å². The average Bonchev–Trinajstić information content (AvgIpc) is 3.35. The summed E-state index contributed by atoms with van der Waals surface area (Å²) in [5.41, 5.74) is 0. The topological polar surface area (TPSA) is 73.8 Å². The summed E-state index contributed by atoms with van der Waals surface area (Å²) in [5.74, 6) is 4.77. The predicted octanol–water partition coefficient (Wildman–Crippen LogP) is 1.34. The molecule has 0 unspecified atom stereocenters. The Balaban J connectivity index is 1.25. The zero-order chi connectivity index (χ0) is 20.3. The summed E-state index contributed by atoms with van der Waals surface area (Å²) in [5, 5.41) is 0. The molecular formula is C21H30N8O. The number of piperazine rings is 1. The van der Waals surface area contributed by atoms with E-state index in [4.69, 9.17) is 14.7 Å². The lowest BCUT2D eigenvalue weighted by molar-refractivity contribution is 0.122. The van der Waals surface area contributed by atoms with Gasteiger partial charge in [-0.25, -0.2) is 15.0 Å². The second kappa shape index (κ2) is 8.59. The first-order chi connectivity index (χ1) is 14.8. The summed E-state index contributed by atoms with van der Waals surface area (Å²) in [6.45, 7) is 11.1. The van der Waals surface area contributed by atoms with Gasteiger partial charge < -0.3 is 24.3 Å². The number of hydrogen-bond donors (Lipinski definition) is 0. The van der Waals surface area contributed by atoms with Crippen molar-refractivity contribution < 1.29 is 4.74 Å². The molecule has 9 heteroatoms. The van der Waals surface area contributed by atoms with E-state index in [9.17, 15) is 0 Å². The lowest BCUT2D eigenvalue weighted by Gasteiger charge is -2.36. The Bertz CT molecular complexity index is 858. The summed E-state index contributed by atoms with van der Waals surface area (Å²) >= 11 is 0. The maximum absolute atomic E-state index is 5.44. The molecule has 0 N–H and O–H groups in total. The fourth-order valence-corrected chi connectivity index (χ4v) is 4.40. The zero-order valence-corrected chi connectivity index (χ0v) is 17.7. The van der Waals surface area contributed by atoms with Gasteiger partial charge >= 0.3 is 0 Å². The van der Waals surface area contributed by atoms with Gasteiger partial charge in [-0.15, -0.1) is 0 Å². The van der Waals surface area contributed by atoms with Crippen molar-refractivity contribution in [3.8, 4) is 0 Å². The Morgan fingerprint density at radius 1 is 0.700 bits per heavy atom. The molecule has 3 saturated heterocycles. The van der Waals surface area contributed by atoms with E-state index in [1.165, 1.54) is 12.8 Å². The van der Waals surface area contributed by atoms with Crippen LogP contribution >= 0.6 is 0 Å². The Kier molecular flexibility index (Phi) is 5.52. The number of aryl methyl sites for hydroxylation is 1. The molecule has 3 fully saturated rings. The molecule has 2 aromatic rings. The Labute approximate surface area is 177 Å². The first-order valence-corrected chi connectivity index (χ1v) is 11.0. The van der Waals surface area contributed by atoms with Gasteiger partial charge in [-0.1, -0.05) is 0 Å². The Morgan fingerprint density at radius 2 is 1.30 bits per heavy atom. The zero-order valence-electron chi connectivity index (χ0n) is 17.7. The van der Waals surface area contributed by atoms with Crippen LogP contribution in [0.1, 0.15) is 18.7 Å². The fraction of sp³-hybridized carbons (Fsp3) is 0.619. The highest BCUT2D eigenvalue weighted by Crippen LogP contribution is 2.24. The molecule has 0 radical (unpaired) electrons. The van der Waals surface area contributed by atoms with Crippen LogP contribution in [-0.4, -0.2) is 85.5 Å². The molecule has 0 amide bonds. The van der Waals surface area contributed by atoms with E-state index in [0.29, 0.717) is 0 Å². The summed E-state index contributed by atoms with van der Waals surface area (Å²) in [7, 11) is 0. The smallest absolute Gasteiger partial charge is 0.227 e. The van der Waals surface area contributed by atoms with Crippen LogP contribution in [0, 0.1) is 6.92 Å². The maximum Gasteiger partial charge on any atom is 0.227 e. The monoisotopic (exact) mass is 410 g/mol. The molecule has 5 heterocycles. The summed E-state index contributed by atoms with van der Waals surface area (Å²) in [6.07, 6.45) is 4.38. The lowest BCUT2D eigenvalue weighted by atomic mass is 10.3. The van der Waals surface area contributed by atoms with E-state index in [1.54, 1.807) is 0 Å². The van der Waals surface area contributed by atoms with Gasteiger partial charge in [0.15, 0.2) is 0 Å². The third kappa shape index (κ3) is 4.12. The van der Waals surface area contributed by atoms with Crippen molar-refractivity contribution in [2.45, 2.75) is 19.8 Å². The van der Waals surface area contributed by atoms with Gasteiger partial charge in [0.1, 0.15) is 23.3 Å². The molecule has 0 atom stereocenters. The van der Waals surface area contributed by atoms with Crippen LogP contribution in [0.2, 0.25) is 0 Å². The number of rotatable bonds is 4. The normalized spacial score (nSPS) is 20.2. The van der Waals surface area contributed by atoms with Crippen molar-refractivity contribution in [3.63, 3.8) is 0 Å². The molecule has 3 aliphatic rings. The van der Waals surface area contributed by atoms with Crippen LogP contribution in [-0.2, 0) is 4.74 Å². The standard InChI is InChI=1S/C21H30N8O/c1-17-23-19(26-6-2-3-7-26)16-20(24-17)28-10-8-27(9-11-28)18-4-5-22-21(25-18)29-12-14-30-15-13-29/h4-5,16H,2-3,6-15H2,1H3. The molecule has 0 saturated carbocycles. The number of ether oxygens (including phenoxy) is 1. The SMILES string of the molecule is Cc1nc(N2CCCC2)cc(N2CCN(c3ccnc(N4CCOCC4)n3)CC2)n1. The van der Waals surface area contributed by atoms with Crippen LogP contribution in [0.5, 0.6) is 0 Å². The van der Waals surface area contributed by atoms with Gasteiger partial charge in [0.2, 0.25) is 5.95 Å². The van der Waals surface area contributed by atoms with Gasteiger partial charge in [0.05, 0.1) is 13.2 Å². The van der Waals surface area contributed by atoms with Crippen LogP contribution in [0.25, 0.3) is 0 Å². The quantitative estimate of drug-likeness (QED) is 0.742. The third-order valence-electron chi connectivity index (χ3n) is 6.09. The minimum absolute atomic E-state index is 0.740. The van der Waals surface area contributed by atoms with E-state index < -0.39 is 0 Å². The highest BCUT2D eigenvalue weighted by Gasteiger charge is 2.23. The second-order valence-electron chi connectivity index (χ2n) is 8.11. The summed E-state index contributed by atoms with van der Waals surface area (Å²) < 4.78 is 5.44. The lowest BCUT2D eigenvalue weighted by Crippen LogP contribution is -2.47. The first-order valence-electron chi connectivity index (χ1n) is 11.0. The number of anilines is 4. The van der Waals surface area contributed by atoms with Crippen LogP contribution in [0.15, 0.2) is 18.3 Å². The Morgan fingerprint density at radius 3 is 1.97 bits per heavy atom. The first kappa shape index (κ1) is 19.3. The molecule has 9 nitrogen and oxygen atoms in total. The van der Waals surface area contributed by atoms with Crippen LogP contribution in [0.3, 0.4) is 0 Å². The molecule has 2 aromatic heterocycles. The van der Waals surface area contributed by atoms with E-state index in [1.807, 2.05) is 19.2 Å². The molecule has 0 aliphatic carbocycles. The number of nitrogens with zero attached hydrogens (tertiary/aromatic N) is 8. The predicted molar refractivity (Wildman–Crippen MR) is 118 cm³/mol. The molecule has 0 spiro atoms. The third-order valence-corrected chi connectivity index (χ3v) is 6.09. The summed E-state index contributed by atoms with van der Waals surface area (Å²) in [6, 6.07) is 4.18. The van der Waals surface area contributed by atoms with Crippen molar-refractivity contribution in [1.82, 2.24) is 19.9 Å². The van der Waals surface area contributed by atoms with Crippen molar-refractivity contribution in [2.24, 2.45) is 0 Å². The van der Waals surface area contributed by atoms with E-state index in [2.05, 4.69) is 35.6 Å². The van der Waals surface area contributed by atoms with Crippen molar-refractivity contribution >= 4 is 23.4 Å². The van der Waals surface area contributed by atoms with E-state index in [-0.39, 0.29) is 0 Å². The highest BCUT2D eigenvalue weighted by molar-refractivity contribution is 5.53. The van der Waals surface area contributed by atoms with Crippen molar-refractivity contribution in [3.05, 3.63) is 24.2 Å². The highest BCUT2D eigenvalue weighted by atomic mass is 16.5. The minimum Gasteiger partial charge on any atom is -0.378 e. The van der Waals surface area contributed by atoms with Gasteiger partial charge in [-0.3, -0.25) is 0 Å². The van der Waals surface area contributed by atoms with Crippen molar-refractivity contribution in [2.75, 3.05) is 85.2 Å². The molecule has 3 aliphatic heterocycles. The van der Waals surface area contributed by atoms with Gasteiger partial charge in [0, 0.05) is 64.6 Å². The van der Waals surface area contributed by atoms with Crippen LogP contribution < -0.4 is 19.6 Å². The molecular weight excluding hydrogens is 380 g/mol. The average molecular weight is 411 g/mol. The van der Waals surface area contributed by atoms with Gasteiger partial charge in [0.25, 0.3) is 0 Å². The largest absolute Gasteiger partial charge is 0.378 e. The molecule has 0 aromatic carbocycles. The summed E-state index contributed by atoms with van der Waals surface area (Å²) in [4.78, 5) is 28.0. The maximum atomic E-state index is 5.44. The second-order valence-corrected chi connectivity index (χ2v) is 8.11. The molecule has 160 valence electrons. The van der Waals surface area contributed by atoms with Gasteiger partial charge in [-0.2, -0.15) is 4.98 Å². The number of hydrogen-bond acceptors (Lipinski definition) is 9. The minimum atomic E-state index is 0.740. The van der Waals surface area contributed by atoms with Crippen LogP contribution in [0.4, 0.5) is 23.4 Å². The van der Waals surface area contributed by atoms with Crippen molar-refractivity contribution in [1.29, 1.82) is 0 Å².